The molecule has 0 aromatic rings. The molecular formula is C17H28O6. The normalized spacial score (nSPS) is 10.8. The first-order chi connectivity index (χ1) is 10.8. The van der Waals surface area contributed by atoms with Crippen LogP contribution in [0.2, 0.25) is 0 Å². The smallest absolute Gasteiger partial charge is 0.333 e. The van der Waals surface area contributed by atoms with Crippen molar-refractivity contribution in [2.24, 2.45) is 5.92 Å². The van der Waals surface area contributed by atoms with Crippen LogP contribution in [0.3, 0.4) is 0 Å². The molecule has 0 fully saturated rings. The van der Waals surface area contributed by atoms with Crippen LogP contribution >= 0.6 is 0 Å². The SMILES string of the molecule is C=CCOC(=O)C(=C)C.C=CCOCC(O)COC(=O)C(C)C. The van der Waals surface area contributed by atoms with Crippen molar-refractivity contribution < 1.29 is 28.9 Å². The molecule has 0 aliphatic heterocycles. The highest BCUT2D eigenvalue weighted by atomic mass is 16.5. The zero-order chi connectivity index (χ0) is 18.3. The summed E-state index contributed by atoms with van der Waals surface area (Å²) in [6, 6.07) is 0. The van der Waals surface area contributed by atoms with Gasteiger partial charge in [-0.25, -0.2) is 4.79 Å². The molecule has 0 aliphatic rings. The summed E-state index contributed by atoms with van der Waals surface area (Å²) in [5.74, 6) is -0.848. The van der Waals surface area contributed by atoms with Crippen molar-refractivity contribution in [3.8, 4) is 0 Å². The fourth-order valence-corrected chi connectivity index (χ4v) is 0.938. The van der Waals surface area contributed by atoms with Crippen molar-refractivity contribution in [1.82, 2.24) is 0 Å². The number of hydrogen-bond donors (Lipinski definition) is 1. The molecule has 0 aliphatic carbocycles. The molecule has 0 aromatic carbocycles. The van der Waals surface area contributed by atoms with Gasteiger partial charge in [0, 0.05) is 5.57 Å². The van der Waals surface area contributed by atoms with Gasteiger partial charge >= 0.3 is 11.9 Å². The maximum atomic E-state index is 11.0. The highest BCUT2D eigenvalue weighted by Gasteiger charge is 2.11. The number of esters is 2. The minimum absolute atomic E-state index is 0.0197. The highest BCUT2D eigenvalue weighted by Crippen LogP contribution is 1.97. The van der Waals surface area contributed by atoms with E-state index in [0.717, 1.165) is 0 Å². The van der Waals surface area contributed by atoms with Crippen LogP contribution in [0.5, 0.6) is 0 Å². The minimum Gasteiger partial charge on any atom is -0.463 e. The average molecular weight is 328 g/mol. The first kappa shape index (κ1) is 23.3. The van der Waals surface area contributed by atoms with Gasteiger partial charge in [0.2, 0.25) is 0 Å². The molecule has 0 spiro atoms. The Hall–Kier alpha value is -1.92. The Kier molecular flexibility index (Phi) is 15.2. The maximum absolute atomic E-state index is 11.0. The molecule has 0 saturated carbocycles. The fourth-order valence-electron chi connectivity index (χ4n) is 0.938. The van der Waals surface area contributed by atoms with Crippen LogP contribution in [0.1, 0.15) is 20.8 Å². The number of carbonyl (C=O) groups excluding carboxylic acids is 2. The predicted molar refractivity (Wildman–Crippen MR) is 88.8 cm³/mol. The second kappa shape index (κ2) is 15.0. The van der Waals surface area contributed by atoms with E-state index in [1.807, 2.05) is 0 Å². The van der Waals surface area contributed by atoms with E-state index in [2.05, 4.69) is 24.5 Å². The van der Waals surface area contributed by atoms with Crippen LogP contribution < -0.4 is 0 Å². The number of aliphatic hydroxyl groups is 1. The van der Waals surface area contributed by atoms with E-state index in [1.165, 1.54) is 6.08 Å². The Labute approximate surface area is 138 Å². The van der Waals surface area contributed by atoms with E-state index in [1.54, 1.807) is 26.8 Å². The molecule has 0 rings (SSSR count). The summed E-state index contributed by atoms with van der Waals surface area (Å²) in [6.07, 6.45) is 2.34. The van der Waals surface area contributed by atoms with Gasteiger partial charge in [-0.15, -0.1) is 6.58 Å². The standard InChI is InChI=1S/C10H18O4.C7H10O2/c1-4-5-13-6-9(11)7-14-10(12)8(2)3;1-4-5-9-7(8)6(2)3/h4,8-9,11H,1,5-7H2,2-3H3;4H,1-2,5H2,3H3. The Morgan fingerprint density at radius 1 is 1.09 bits per heavy atom. The summed E-state index contributed by atoms with van der Waals surface area (Å²) in [6.45, 7) is 16.1. The molecule has 0 radical (unpaired) electrons. The Morgan fingerprint density at radius 2 is 1.65 bits per heavy atom. The monoisotopic (exact) mass is 328 g/mol. The maximum Gasteiger partial charge on any atom is 0.333 e. The number of hydrogen-bond acceptors (Lipinski definition) is 6. The molecule has 1 atom stereocenters. The van der Waals surface area contributed by atoms with Crippen LogP contribution in [-0.4, -0.2) is 49.6 Å². The summed E-state index contributed by atoms with van der Waals surface area (Å²) >= 11 is 0. The third-order valence-corrected chi connectivity index (χ3v) is 2.12. The molecule has 0 heterocycles. The third kappa shape index (κ3) is 16.3. The van der Waals surface area contributed by atoms with Crippen molar-refractivity contribution in [2.45, 2.75) is 26.9 Å². The topological polar surface area (TPSA) is 82.1 Å². The van der Waals surface area contributed by atoms with E-state index in [9.17, 15) is 14.7 Å². The third-order valence-electron chi connectivity index (χ3n) is 2.12. The van der Waals surface area contributed by atoms with E-state index >= 15 is 0 Å². The Balaban J connectivity index is 0. The van der Waals surface area contributed by atoms with Crippen molar-refractivity contribution in [3.63, 3.8) is 0 Å². The molecule has 6 nitrogen and oxygen atoms in total. The van der Waals surface area contributed by atoms with Gasteiger partial charge < -0.3 is 19.3 Å². The van der Waals surface area contributed by atoms with Gasteiger partial charge in [-0.1, -0.05) is 39.2 Å². The fraction of sp³-hybridized carbons (Fsp3) is 0.529. The zero-order valence-electron chi connectivity index (χ0n) is 14.2. The van der Waals surface area contributed by atoms with Gasteiger partial charge in [0.05, 0.1) is 19.1 Å². The molecule has 6 heteroatoms. The highest BCUT2D eigenvalue weighted by molar-refractivity contribution is 5.86. The lowest BCUT2D eigenvalue weighted by Gasteiger charge is -2.12. The zero-order valence-corrected chi connectivity index (χ0v) is 14.2. The largest absolute Gasteiger partial charge is 0.463 e. The van der Waals surface area contributed by atoms with Crippen molar-refractivity contribution in [3.05, 3.63) is 37.5 Å². The first-order valence-corrected chi connectivity index (χ1v) is 7.23. The van der Waals surface area contributed by atoms with Gasteiger partial charge in [-0.2, -0.15) is 0 Å². The van der Waals surface area contributed by atoms with Crippen LogP contribution in [0.15, 0.2) is 37.5 Å². The summed E-state index contributed by atoms with van der Waals surface area (Å²) in [5, 5.41) is 9.27. The lowest BCUT2D eigenvalue weighted by molar-refractivity contribution is -0.151. The lowest BCUT2D eigenvalue weighted by atomic mass is 10.2. The van der Waals surface area contributed by atoms with E-state index in [4.69, 9.17) is 9.47 Å². The molecule has 0 bridgehead atoms. The molecule has 1 unspecified atom stereocenters. The van der Waals surface area contributed by atoms with Crippen LogP contribution in [-0.2, 0) is 23.8 Å². The summed E-state index contributed by atoms with van der Waals surface area (Å²) in [4.78, 5) is 21.5. The number of carbonyl (C=O) groups is 2. The average Bonchev–Trinajstić information content (AvgIpc) is 2.50. The van der Waals surface area contributed by atoms with Crippen LogP contribution in [0, 0.1) is 5.92 Å². The predicted octanol–water partition coefficient (Wildman–Crippen LogP) is 2.04. The second-order valence-electron chi connectivity index (χ2n) is 4.93. The summed E-state index contributed by atoms with van der Waals surface area (Å²) in [7, 11) is 0. The van der Waals surface area contributed by atoms with E-state index in [0.29, 0.717) is 12.2 Å². The molecule has 132 valence electrons. The van der Waals surface area contributed by atoms with Crippen molar-refractivity contribution in [1.29, 1.82) is 0 Å². The Bertz CT molecular complexity index is 387. The summed E-state index contributed by atoms with van der Waals surface area (Å²) in [5.41, 5.74) is 0.414. The van der Waals surface area contributed by atoms with Crippen molar-refractivity contribution >= 4 is 11.9 Å². The molecule has 0 aromatic heterocycles. The summed E-state index contributed by atoms with van der Waals surface area (Å²) < 4.78 is 14.4. The van der Waals surface area contributed by atoms with Crippen LogP contribution in [0.4, 0.5) is 0 Å². The first-order valence-electron chi connectivity index (χ1n) is 7.23. The molecular weight excluding hydrogens is 300 g/mol. The van der Waals surface area contributed by atoms with Gasteiger partial charge in [0.1, 0.15) is 19.3 Å². The quantitative estimate of drug-likeness (QED) is 0.286. The van der Waals surface area contributed by atoms with Gasteiger partial charge in [-0.05, 0) is 6.92 Å². The van der Waals surface area contributed by atoms with Gasteiger partial charge in [-0.3, -0.25) is 4.79 Å². The lowest BCUT2D eigenvalue weighted by Crippen LogP contribution is -2.25. The van der Waals surface area contributed by atoms with Gasteiger partial charge in [0.25, 0.3) is 0 Å². The molecule has 1 N–H and O–H groups in total. The van der Waals surface area contributed by atoms with Gasteiger partial charge in [0.15, 0.2) is 0 Å². The molecule has 23 heavy (non-hydrogen) atoms. The minimum atomic E-state index is -0.766. The second-order valence-corrected chi connectivity index (χ2v) is 4.93. The molecule has 0 saturated heterocycles. The van der Waals surface area contributed by atoms with E-state index < -0.39 is 6.10 Å². The number of ether oxygens (including phenoxy) is 3. The van der Waals surface area contributed by atoms with E-state index in [-0.39, 0.29) is 37.7 Å². The van der Waals surface area contributed by atoms with Crippen LogP contribution in [0.25, 0.3) is 0 Å². The van der Waals surface area contributed by atoms with Crippen molar-refractivity contribution in [2.75, 3.05) is 26.4 Å². The Morgan fingerprint density at radius 3 is 2.09 bits per heavy atom. The number of aliphatic hydroxyl groups excluding tert-OH is 1. The number of rotatable bonds is 10. The molecule has 0 amide bonds.